The second-order valence-corrected chi connectivity index (χ2v) is 11.7. The van der Waals surface area contributed by atoms with Gasteiger partial charge in [-0.2, -0.15) is 8.42 Å². The highest BCUT2D eigenvalue weighted by Crippen LogP contribution is 2.13. The molecule has 0 aliphatic heterocycles. The van der Waals surface area contributed by atoms with Gasteiger partial charge in [0.25, 0.3) is 10.1 Å². The van der Waals surface area contributed by atoms with Gasteiger partial charge in [-0.05, 0) is 33.5 Å². The molecule has 33 heavy (non-hydrogen) atoms. The molecule has 0 unspecified atom stereocenters. The zero-order chi connectivity index (χ0) is 25.0. The summed E-state index contributed by atoms with van der Waals surface area (Å²) in [7, 11) is 0.627. The molecule has 0 bridgehead atoms. The van der Waals surface area contributed by atoms with Gasteiger partial charge in [-0.1, -0.05) is 142 Å². The van der Waals surface area contributed by atoms with E-state index in [1.807, 2.05) is 0 Å². The molecule has 0 rings (SSSR count). The SMILES string of the molecule is CCCCCCCCCCCCCCCCCCN(C)C.CCCCCCCCS(=O)(=O)O. The van der Waals surface area contributed by atoms with Crippen molar-refractivity contribution in [3.05, 3.63) is 0 Å². The van der Waals surface area contributed by atoms with E-state index in [1.54, 1.807) is 0 Å². The van der Waals surface area contributed by atoms with Crippen molar-refractivity contribution in [2.24, 2.45) is 0 Å². The van der Waals surface area contributed by atoms with Crippen LogP contribution in [0.3, 0.4) is 0 Å². The van der Waals surface area contributed by atoms with Crippen LogP contribution in [0.15, 0.2) is 0 Å². The molecular weight excluding hydrogens is 430 g/mol. The number of hydrogen-bond acceptors (Lipinski definition) is 3. The quantitative estimate of drug-likeness (QED) is 0.108. The number of hydrogen-bond donors (Lipinski definition) is 1. The third-order valence-corrected chi connectivity index (χ3v) is 7.02. The number of unbranched alkanes of at least 4 members (excludes halogenated alkanes) is 20. The standard InChI is InChI=1S/C20H43N.C8H18O3S/c1-4-5-6-7-8-9-10-11-12-13-14-15-16-17-18-19-20-21(2)3;1-2-3-4-5-6-7-8-12(9,10)11/h4-20H2,1-3H3;2-8H2,1H3,(H,9,10,11). The van der Waals surface area contributed by atoms with Gasteiger partial charge in [0.1, 0.15) is 0 Å². The van der Waals surface area contributed by atoms with Gasteiger partial charge in [0.05, 0.1) is 5.75 Å². The summed E-state index contributed by atoms with van der Waals surface area (Å²) in [6.07, 6.45) is 29.4. The van der Waals surface area contributed by atoms with E-state index in [4.69, 9.17) is 4.55 Å². The Hall–Kier alpha value is -0.130. The van der Waals surface area contributed by atoms with Crippen LogP contribution in [0.5, 0.6) is 0 Å². The Labute approximate surface area is 209 Å². The Kier molecular flexibility index (Phi) is 29.8. The summed E-state index contributed by atoms with van der Waals surface area (Å²) in [4.78, 5) is 2.30. The van der Waals surface area contributed by atoms with Gasteiger partial charge in [0, 0.05) is 0 Å². The third kappa shape index (κ3) is 39.4. The van der Waals surface area contributed by atoms with Crippen LogP contribution in [0.1, 0.15) is 155 Å². The van der Waals surface area contributed by atoms with Crippen molar-refractivity contribution >= 4 is 10.1 Å². The van der Waals surface area contributed by atoms with Gasteiger partial charge in [-0.25, -0.2) is 0 Å². The lowest BCUT2D eigenvalue weighted by molar-refractivity contribution is 0.389. The highest BCUT2D eigenvalue weighted by atomic mass is 32.2. The highest BCUT2D eigenvalue weighted by molar-refractivity contribution is 7.85. The molecule has 0 atom stereocenters. The van der Waals surface area contributed by atoms with Gasteiger partial charge in [-0.3, -0.25) is 4.55 Å². The molecule has 0 saturated carbocycles. The van der Waals surface area contributed by atoms with Gasteiger partial charge in [0.15, 0.2) is 0 Å². The molecule has 0 radical (unpaired) electrons. The first-order chi connectivity index (χ1) is 15.8. The van der Waals surface area contributed by atoms with Crippen LogP contribution in [0, 0.1) is 0 Å². The van der Waals surface area contributed by atoms with E-state index < -0.39 is 10.1 Å². The fourth-order valence-corrected chi connectivity index (χ4v) is 4.61. The zero-order valence-corrected chi connectivity index (χ0v) is 23.9. The molecule has 0 saturated heterocycles. The maximum Gasteiger partial charge on any atom is 0.264 e. The molecule has 0 amide bonds. The minimum absolute atomic E-state index is 0.0842. The van der Waals surface area contributed by atoms with Crippen LogP contribution in [0.2, 0.25) is 0 Å². The average molecular weight is 492 g/mol. The monoisotopic (exact) mass is 491 g/mol. The summed E-state index contributed by atoms with van der Waals surface area (Å²) in [5.74, 6) is -0.0842. The average Bonchev–Trinajstić information content (AvgIpc) is 2.75. The molecule has 0 aliphatic carbocycles. The van der Waals surface area contributed by atoms with E-state index in [2.05, 4.69) is 32.8 Å². The maximum absolute atomic E-state index is 10.3. The van der Waals surface area contributed by atoms with Crippen LogP contribution >= 0.6 is 0 Å². The molecule has 0 aromatic rings. The topological polar surface area (TPSA) is 57.6 Å². The Balaban J connectivity index is 0. The van der Waals surface area contributed by atoms with Crippen molar-refractivity contribution in [2.75, 3.05) is 26.4 Å². The van der Waals surface area contributed by atoms with Crippen LogP contribution < -0.4 is 0 Å². The largest absolute Gasteiger partial charge is 0.309 e. The van der Waals surface area contributed by atoms with Crippen molar-refractivity contribution in [1.29, 1.82) is 0 Å². The van der Waals surface area contributed by atoms with Crippen molar-refractivity contribution in [2.45, 2.75) is 155 Å². The summed E-state index contributed by atoms with van der Waals surface area (Å²) >= 11 is 0. The molecule has 0 aliphatic rings. The van der Waals surface area contributed by atoms with Gasteiger partial charge in [0.2, 0.25) is 0 Å². The lowest BCUT2D eigenvalue weighted by Gasteiger charge is -2.08. The van der Waals surface area contributed by atoms with E-state index in [0.29, 0.717) is 6.42 Å². The van der Waals surface area contributed by atoms with Crippen molar-refractivity contribution < 1.29 is 13.0 Å². The highest BCUT2D eigenvalue weighted by Gasteiger charge is 2.02. The summed E-state index contributed by atoms with van der Waals surface area (Å²) in [5, 5.41) is 0. The maximum atomic E-state index is 10.3. The van der Waals surface area contributed by atoms with Crippen LogP contribution in [0.25, 0.3) is 0 Å². The molecule has 5 heteroatoms. The first kappa shape index (κ1) is 35.0. The molecule has 0 aromatic carbocycles. The van der Waals surface area contributed by atoms with E-state index in [1.165, 1.54) is 129 Å². The molecule has 0 fully saturated rings. The fourth-order valence-electron chi connectivity index (χ4n) is 4.04. The second kappa shape index (κ2) is 28.1. The van der Waals surface area contributed by atoms with E-state index >= 15 is 0 Å². The first-order valence-electron chi connectivity index (χ1n) is 14.4. The van der Waals surface area contributed by atoms with Gasteiger partial charge >= 0.3 is 0 Å². The summed E-state index contributed by atoms with van der Waals surface area (Å²) < 4.78 is 28.9. The normalized spacial score (nSPS) is 11.6. The third-order valence-electron chi connectivity index (χ3n) is 6.21. The van der Waals surface area contributed by atoms with Crippen LogP contribution in [-0.2, 0) is 10.1 Å². The lowest BCUT2D eigenvalue weighted by atomic mass is 10.0. The molecule has 0 heterocycles. The minimum atomic E-state index is -3.72. The van der Waals surface area contributed by atoms with Crippen molar-refractivity contribution in [3.63, 3.8) is 0 Å². The van der Waals surface area contributed by atoms with Crippen molar-refractivity contribution in [1.82, 2.24) is 4.90 Å². The van der Waals surface area contributed by atoms with Crippen LogP contribution in [0.4, 0.5) is 0 Å². The fraction of sp³-hybridized carbons (Fsp3) is 1.00. The van der Waals surface area contributed by atoms with Gasteiger partial charge in [-0.15, -0.1) is 0 Å². The number of rotatable bonds is 24. The Morgan fingerprint density at radius 2 is 0.758 bits per heavy atom. The lowest BCUT2D eigenvalue weighted by Crippen LogP contribution is -2.12. The Morgan fingerprint density at radius 3 is 1.03 bits per heavy atom. The van der Waals surface area contributed by atoms with Crippen molar-refractivity contribution in [3.8, 4) is 0 Å². The number of nitrogens with zero attached hydrogens (tertiary/aromatic N) is 1. The summed E-state index contributed by atoms with van der Waals surface area (Å²) in [6, 6.07) is 0. The van der Waals surface area contributed by atoms with Gasteiger partial charge < -0.3 is 4.90 Å². The Morgan fingerprint density at radius 1 is 0.485 bits per heavy atom. The first-order valence-corrected chi connectivity index (χ1v) is 16.0. The second-order valence-electron chi connectivity index (χ2n) is 10.2. The smallest absolute Gasteiger partial charge is 0.264 e. The summed E-state index contributed by atoms with van der Waals surface area (Å²) in [5.41, 5.74) is 0. The Bertz CT molecular complexity index is 452. The molecule has 202 valence electrons. The van der Waals surface area contributed by atoms with E-state index in [-0.39, 0.29) is 5.75 Å². The predicted molar refractivity (Wildman–Crippen MR) is 148 cm³/mol. The molecular formula is C28H61NO3S. The molecule has 1 N–H and O–H groups in total. The minimum Gasteiger partial charge on any atom is -0.309 e. The molecule has 4 nitrogen and oxygen atoms in total. The van der Waals surface area contributed by atoms with E-state index in [0.717, 1.165) is 12.8 Å². The predicted octanol–water partition coefficient (Wildman–Crippen LogP) is 9.04. The van der Waals surface area contributed by atoms with Crippen LogP contribution in [-0.4, -0.2) is 44.3 Å². The molecule has 0 spiro atoms. The van der Waals surface area contributed by atoms with E-state index in [9.17, 15) is 8.42 Å². The molecule has 0 aromatic heterocycles. The summed E-state index contributed by atoms with van der Waals surface area (Å²) in [6.45, 7) is 5.69. The zero-order valence-electron chi connectivity index (χ0n) is 23.1.